The Morgan fingerprint density at radius 3 is 2.14 bits per heavy atom. The lowest BCUT2D eigenvalue weighted by Gasteiger charge is -2.19. The molecule has 1 aromatic heterocycles. The molecule has 0 saturated carbocycles. The summed E-state index contributed by atoms with van der Waals surface area (Å²) in [5, 5.41) is 14.1. The second kappa shape index (κ2) is 11.0. The first-order valence-corrected chi connectivity index (χ1v) is 10.9. The molecule has 0 spiro atoms. The fourth-order valence-electron chi connectivity index (χ4n) is 3.22. The lowest BCUT2D eigenvalue weighted by molar-refractivity contribution is -0.123. The second-order valence-corrected chi connectivity index (χ2v) is 7.90. The van der Waals surface area contributed by atoms with Gasteiger partial charge in [-0.3, -0.25) is 25.2 Å². The van der Waals surface area contributed by atoms with Crippen LogP contribution in [0.5, 0.6) is 0 Å². The molecule has 1 unspecified atom stereocenters. The molecule has 0 aliphatic carbocycles. The van der Waals surface area contributed by atoms with Crippen LogP contribution in [0.3, 0.4) is 0 Å². The minimum absolute atomic E-state index is 0.225. The highest BCUT2D eigenvalue weighted by Gasteiger charge is 2.23. The quantitative estimate of drug-likeness (QED) is 0.341. The molecule has 0 saturated heterocycles. The Labute approximate surface area is 205 Å². The molecule has 0 aliphatic rings. The highest BCUT2D eigenvalue weighted by molar-refractivity contribution is 6.30. The normalized spacial score (nSPS) is 11.3. The van der Waals surface area contributed by atoms with Crippen LogP contribution in [0.15, 0.2) is 85.2 Å². The molecule has 3 aromatic carbocycles. The maximum atomic E-state index is 12.9. The minimum atomic E-state index is -0.942. The molecule has 0 bridgehead atoms. The number of tetrazole rings is 1. The molecule has 0 radical (unpaired) electrons. The van der Waals surface area contributed by atoms with Crippen molar-refractivity contribution in [1.82, 2.24) is 36.4 Å². The van der Waals surface area contributed by atoms with Gasteiger partial charge in [0.15, 0.2) is 0 Å². The van der Waals surface area contributed by atoms with Gasteiger partial charge in [0.2, 0.25) is 0 Å². The van der Waals surface area contributed by atoms with Gasteiger partial charge in [0, 0.05) is 22.6 Å². The number of hydrogen-bond donors (Lipinski definition) is 3. The number of nitrogens with zero attached hydrogens (tertiary/aromatic N) is 4. The van der Waals surface area contributed by atoms with Crippen LogP contribution >= 0.6 is 11.6 Å². The van der Waals surface area contributed by atoms with Crippen LogP contribution in [-0.2, 0) is 11.2 Å². The van der Waals surface area contributed by atoms with Crippen molar-refractivity contribution in [3.8, 4) is 5.69 Å². The number of hydrogen-bond acceptors (Lipinski definition) is 6. The molecule has 3 N–H and O–H groups in total. The number of halogens is 1. The zero-order valence-electron chi connectivity index (χ0n) is 18.3. The van der Waals surface area contributed by atoms with Crippen LogP contribution in [-0.4, -0.2) is 44.0 Å². The molecule has 35 heavy (non-hydrogen) atoms. The van der Waals surface area contributed by atoms with Gasteiger partial charge >= 0.3 is 0 Å². The van der Waals surface area contributed by atoms with E-state index in [1.54, 1.807) is 48.5 Å². The fourth-order valence-corrected chi connectivity index (χ4v) is 3.35. The Morgan fingerprint density at radius 2 is 1.49 bits per heavy atom. The molecule has 4 rings (SSSR count). The SMILES string of the molecule is O=C(NNC(=O)C(Cc1ccccc1)NC(=O)c1ccc(Cl)cc1)c1ccc(-n2cnnn2)cc1. The first kappa shape index (κ1) is 23.6. The number of rotatable bonds is 7. The predicted molar refractivity (Wildman–Crippen MR) is 128 cm³/mol. The number of benzene rings is 3. The van der Waals surface area contributed by atoms with Crippen molar-refractivity contribution in [2.75, 3.05) is 0 Å². The number of amides is 3. The summed E-state index contributed by atoms with van der Waals surface area (Å²) in [6, 6.07) is 21.1. The molecular formula is C24H20ClN7O3. The van der Waals surface area contributed by atoms with Crippen LogP contribution in [0.1, 0.15) is 26.3 Å². The van der Waals surface area contributed by atoms with E-state index in [2.05, 4.69) is 31.7 Å². The molecule has 176 valence electrons. The zero-order chi connectivity index (χ0) is 24.6. The molecule has 11 heteroatoms. The van der Waals surface area contributed by atoms with Gasteiger partial charge in [-0.2, -0.15) is 0 Å². The van der Waals surface area contributed by atoms with Gasteiger partial charge in [-0.05, 0) is 64.5 Å². The van der Waals surface area contributed by atoms with Gasteiger partial charge in [0.05, 0.1) is 5.69 Å². The van der Waals surface area contributed by atoms with Gasteiger partial charge in [-0.15, -0.1) is 5.10 Å². The summed E-state index contributed by atoms with van der Waals surface area (Å²) < 4.78 is 1.45. The third-order valence-electron chi connectivity index (χ3n) is 5.05. The highest BCUT2D eigenvalue weighted by Crippen LogP contribution is 2.11. The maximum Gasteiger partial charge on any atom is 0.269 e. The standard InChI is InChI=1S/C24H20ClN7O3/c25-19-10-6-17(7-11-19)22(33)27-21(14-16-4-2-1-3-5-16)24(35)29-28-23(34)18-8-12-20(13-9-18)32-15-26-30-31-32/h1-13,15,21H,14H2,(H,27,33)(H,28,34)(H,29,35). The topological polar surface area (TPSA) is 131 Å². The Hall–Kier alpha value is -4.57. The van der Waals surface area contributed by atoms with E-state index in [4.69, 9.17) is 11.6 Å². The number of carbonyl (C=O) groups is 3. The summed E-state index contributed by atoms with van der Waals surface area (Å²) in [5.74, 6) is -1.54. The summed E-state index contributed by atoms with van der Waals surface area (Å²) in [5.41, 5.74) is 6.96. The number of hydrazine groups is 1. The Bertz CT molecular complexity index is 1300. The summed E-state index contributed by atoms with van der Waals surface area (Å²) in [7, 11) is 0. The van der Waals surface area contributed by atoms with Crippen molar-refractivity contribution >= 4 is 29.3 Å². The lowest BCUT2D eigenvalue weighted by atomic mass is 10.0. The van der Waals surface area contributed by atoms with Crippen LogP contribution in [0.2, 0.25) is 5.02 Å². The third kappa shape index (κ3) is 6.27. The Balaban J connectivity index is 1.41. The van der Waals surface area contributed by atoms with Crippen LogP contribution < -0.4 is 16.2 Å². The van der Waals surface area contributed by atoms with Crippen molar-refractivity contribution in [1.29, 1.82) is 0 Å². The molecule has 1 atom stereocenters. The second-order valence-electron chi connectivity index (χ2n) is 7.47. The Morgan fingerprint density at radius 1 is 0.829 bits per heavy atom. The van der Waals surface area contributed by atoms with E-state index in [1.165, 1.54) is 11.0 Å². The molecule has 0 fully saturated rings. The van der Waals surface area contributed by atoms with Gasteiger partial charge < -0.3 is 5.32 Å². The smallest absolute Gasteiger partial charge is 0.269 e. The summed E-state index contributed by atoms with van der Waals surface area (Å²) in [6.07, 6.45) is 1.66. The minimum Gasteiger partial charge on any atom is -0.340 e. The van der Waals surface area contributed by atoms with Gasteiger partial charge in [0.25, 0.3) is 17.7 Å². The van der Waals surface area contributed by atoms with Crippen molar-refractivity contribution in [3.63, 3.8) is 0 Å². The average molecular weight is 490 g/mol. The third-order valence-corrected chi connectivity index (χ3v) is 5.31. The average Bonchev–Trinajstić information content (AvgIpc) is 3.43. The monoisotopic (exact) mass is 489 g/mol. The molecule has 3 amide bonds. The van der Waals surface area contributed by atoms with Gasteiger partial charge in [-0.25, -0.2) is 4.68 Å². The number of aromatic nitrogens is 4. The van der Waals surface area contributed by atoms with Crippen molar-refractivity contribution in [2.45, 2.75) is 12.5 Å². The zero-order valence-corrected chi connectivity index (χ0v) is 19.0. The van der Waals surface area contributed by atoms with E-state index in [-0.39, 0.29) is 6.42 Å². The number of carbonyl (C=O) groups excluding carboxylic acids is 3. The summed E-state index contributed by atoms with van der Waals surface area (Å²) in [4.78, 5) is 38.2. The summed E-state index contributed by atoms with van der Waals surface area (Å²) in [6.45, 7) is 0. The first-order chi connectivity index (χ1) is 17.0. The van der Waals surface area contributed by atoms with Gasteiger partial charge in [0.1, 0.15) is 12.4 Å². The largest absolute Gasteiger partial charge is 0.340 e. The van der Waals surface area contributed by atoms with E-state index in [0.717, 1.165) is 5.56 Å². The number of nitrogens with one attached hydrogen (secondary N) is 3. The van der Waals surface area contributed by atoms with E-state index in [0.29, 0.717) is 21.8 Å². The maximum absolute atomic E-state index is 12.9. The van der Waals surface area contributed by atoms with Crippen LogP contribution in [0.4, 0.5) is 0 Å². The highest BCUT2D eigenvalue weighted by atomic mass is 35.5. The van der Waals surface area contributed by atoms with Crippen LogP contribution in [0.25, 0.3) is 5.69 Å². The molecule has 0 aliphatic heterocycles. The van der Waals surface area contributed by atoms with Crippen molar-refractivity contribution < 1.29 is 14.4 Å². The summed E-state index contributed by atoms with van der Waals surface area (Å²) >= 11 is 5.89. The van der Waals surface area contributed by atoms with E-state index in [1.807, 2.05) is 30.3 Å². The van der Waals surface area contributed by atoms with E-state index < -0.39 is 23.8 Å². The fraction of sp³-hybridized carbons (Fsp3) is 0.0833. The van der Waals surface area contributed by atoms with Crippen LogP contribution in [0, 0.1) is 0 Å². The first-order valence-electron chi connectivity index (χ1n) is 10.5. The van der Waals surface area contributed by atoms with E-state index >= 15 is 0 Å². The lowest BCUT2D eigenvalue weighted by Crippen LogP contribution is -2.53. The molecule has 4 aromatic rings. The molecule has 10 nitrogen and oxygen atoms in total. The van der Waals surface area contributed by atoms with Crippen molar-refractivity contribution in [2.24, 2.45) is 0 Å². The van der Waals surface area contributed by atoms with Crippen molar-refractivity contribution in [3.05, 3.63) is 107 Å². The van der Waals surface area contributed by atoms with E-state index in [9.17, 15) is 14.4 Å². The predicted octanol–water partition coefficient (Wildman–Crippen LogP) is 2.12. The molecule has 1 heterocycles. The van der Waals surface area contributed by atoms with Gasteiger partial charge in [-0.1, -0.05) is 41.9 Å². The Kier molecular flexibility index (Phi) is 7.44. The molecular weight excluding hydrogens is 470 g/mol.